The zero-order chi connectivity index (χ0) is 28.0. The van der Waals surface area contributed by atoms with E-state index in [1.807, 2.05) is 0 Å². The molecule has 1 fully saturated rings. The summed E-state index contributed by atoms with van der Waals surface area (Å²) in [6, 6.07) is 8.56. The molecule has 1 aliphatic rings. The van der Waals surface area contributed by atoms with Gasteiger partial charge in [0.15, 0.2) is 17.3 Å². The molecule has 0 bridgehead atoms. The molecule has 2 heterocycles. The summed E-state index contributed by atoms with van der Waals surface area (Å²) in [5.74, 6) is -3.24. The Morgan fingerprint density at radius 3 is 2.47 bits per heavy atom. The number of alkyl halides is 3. The van der Waals surface area contributed by atoms with Crippen molar-refractivity contribution in [2.24, 2.45) is 0 Å². The Kier molecular flexibility index (Phi) is 6.60. The maximum atomic E-state index is 15.0. The van der Waals surface area contributed by atoms with Crippen LogP contribution in [0.25, 0.3) is 0 Å². The van der Waals surface area contributed by atoms with Crippen LogP contribution in [0.5, 0.6) is 11.6 Å². The molecule has 0 spiro atoms. The van der Waals surface area contributed by atoms with Crippen LogP contribution >= 0.6 is 0 Å². The molecule has 3 aromatic rings. The molecule has 4 rings (SSSR count). The van der Waals surface area contributed by atoms with E-state index in [-0.39, 0.29) is 22.0 Å². The normalized spacial score (nSPS) is 15.7. The second-order valence-corrected chi connectivity index (χ2v) is 11.0. The van der Waals surface area contributed by atoms with Crippen LogP contribution in [-0.4, -0.2) is 31.6 Å². The SMILES string of the molecule is Cc1nc(C2(C#N)CC2)cc(F)c1Oc1nnc(C(F)(F)F)c(C)c1C(=O)Nc1cccc(S(C)(=N)=O)c1. The minimum absolute atomic E-state index is 0.00640. The number of amides is 1. The zero-order valence-corrected chi connectivity index (χ0v) is 21.1. The van der Waals surface area contributed by atoms with Gasteiger partial charge in [0.2, 0.25) is 0 Å². The molecule has 9 nitrogen and oxygen atoms in total. The maximum Gasteiger partial charge on any atom is 0.435 e. The number of nitrogens with one attached hydrogen (secondary N) is 2. The number of carbonyl (C=O) groups excluding carboxylic acids is 1. The van der Waals surface area contributed by atoms with Crippen LogP contribution in [0, 0.1) is 35.8 Å². The molecule has 1 aromatic carbocycles. The van der Waals surface area contributed by atoms with Crippen molar-refractivity contribution in [1.29, 1.82) is 10.0 Å². The molecule has 14 heteroatoms. The van der Waals surface area contributed by atoms with E-state index in [0.29, 0.717) is 12.8 Å². The molecular weight excluding hydrogens is 528 g/mol. The standard InChI is InChI=1S/C24H20F4N6O3S/c1-12-18(21(35)32-14-5-4-6-15(9-14)38(3,30)36)22(34-33-20(12)24(26,27)28)37-19-13(2)31-17(10-16(19)25)23(11-29)7-8-23/h4-6,9-10,30H,7-8H2,1-3H3,(H,32,35). The number of hydrogen-bond acceptors (Lipinski definition) is 8. The predicted molar refractivity (Wildman–Crippen MR) is 127 cm³/mol. The first-order chi connectivity index (χ1) is 17.7. The minimum Gasteiger partial charge on any atom is -0.432 e. The highest BCUT2D eigenvalue weighted by Gasteiger charge is 2.47. The summed E-state index contributed by atoms with van der Waals surface area (Å²) in [6.07, 6.45) is -2.76. The molecule has 2 N–H and O–H groups in total. The van der Waals surface area contributed by atoms with Gasteiger partial charge >= 0.3 is 6.18 Å². The Labute approximate surface area is 214 Å². The third kappa shape index (κ3) is 5.14. The second-order valence-electron chi connectivity index (χ2n) is 8.88. The number of benzene rings is 1. The molecule has 1 aliphatic carbocycles. The number of anilines is 1. The highest BCUT2D eigenvalue weighted by atomic mass is 32.2. The third-order valence-electron chi connectivity index (χ3n) is 5.97. The smallest absolute Gasteiger partial charge is 0.432 e. The lowest BCUT2D eigenvalue weighted by atomic mass is 10.0. The highest BCUT2D eigenvalue weighted by Crippen LogP contribution is 2.47. The number of halogens is 4. The van der Waals surface area contributed by atoms with Crippen molar-refractivity contribution < 1.29 is 31.3 Å². The van der Waals surface area contributed by atoms with Crippen molar-refractivity contribution in [3.8, 4) is 17.7 Å². The van der Waals surface area contributed by atoms with Gasteiger partial charge in [0.05, 0.1) is 32.6 Å². The van der Waals surface area contributed by atoms with Gasteiger partial charge in [-0.2, -0.15) is 18.4 Å². The number of aromatic nitrogens is 3. The first-order valence-electron chi connectivity index (χ1n) is 11.0. The number of ether oxygens (including phenoxy) is 1. The van der Waals surface area contributed by atoms with E-state index in [1.54, 1.807) is 0 Å². The maximum absolute atomic E-state index is 15.0. The average molecular weight is 549 g/mol. The number of carbonyl (C=O) groups is 1. The number of hydrogen-bond donors (Lipinski definition) is 2. The zero-order valence-electron chi connectivity index (χ0n) is 20.2. The molecule has 0 saturated heterocycles. The monoisotopic (exact) mass is 548 g/mol. The molecule has 1 amide bonds. The van der Waals surface area contributed by atoms with E-state index in [1.165, 1.54) is 37.4 Å². The van der Waals surface area contributed by atoms with Crippen LogP contribution in [0.4, 0.5) is 23.2 Å². The van der Waals surface area contributed by atoms with Crippen molar-refractivity contribution in [1.82, 2.24) is 15.2 Å². The molecule has 2 aromatic heterocycles. The van der Waals surface area contributed by atoms with Crippen LogP contribution in [0.3, 0.4) is 0 Å². The Bertz CT molecular complexity index is 1590. The summed E-state index contributed by atoms with van der Waals surface area (Å²) in [6.45, 7) is 2.38. The molecule has 1 unspecified atom stereocenters. The largest absolute Gasteiger partial charge is 0.435 e. The van der Waals surface area contributed by atoms with Crippen LogP contribution in [0.1, 0.15) is 45.8 Å². The Morgan fingerprint density at radius 2 is 1.92 bits per heavy atom. The topological polar surface area (TPSA) is 142 Å². The average Bonchev–Trinajstić information content (AvgIpc) is 3.61. The summed E-state index contributed by atoms with van der Waals surface area (Å²) in [4.78, 5) is 17.5. The van der Waals surface area contributed by atoms with Crippen LogP contribution in [-0.2, 0) is 21.3 Å². The lowest BCUT2D eigenvalue weighted by molar-refractivity contribution is -0.142. The van der Waals surface area contributed by atoms with Crippen LogP contribution in [0.15, 0.2) is 35.2 Å². The fourth-order valence-corrected chi connectivity index (χ4v) is 4.44. The van der Waals surface area contributed by atoms with Gasteiger partial charge in [0.25, 0.3) is 11.8 Å². The van der Waals surface area contributed by atoms with E-state index in [9.17, 15) is 27.4 Å². The molecular formula is C24H20F4N6O3S. The second kappa shape index (κ2) is 9.32. The number of rotatable bonds is 6. The predicted octanol–water partition coefficient (Wildman–Crippen LogP) is 5.28. The van der Waals surface area contributed by atoms with E-state index < -0.39 is 61.5 Å². The van der Waals surface area contributed by atoms with Gasteiger partial charge < -0.3 is 10.1 Å². The molecule has 0 aliphatic heterocycles. The highest BCUT2D eigenvalue weighted by molar-refractivity contribution is 7.91. The van der Waals surface area contributed by atoms with Crippen molar-refractivity contribution in [3.63, 3.8) is 0 Å². The van der Waals surface area contributed by atoms with Crippen molar-refractivity contribution in [2.45, 2.75) is 43.2 Å². The summed E-state index contributed by atoms with van der Waals surface area (Å²) in [5.41, 5.74) is -3.38. The Morgan fingerprint density at radius 1 is 1.24 bits per heavy atom. The van der Waals surface area contributed by atoms with E-state index in [4.69, 9.17) is 9.52 Å². The molecule has 1 atom stereocenters. The number of nitriles is 1. The van der Waals surface area contributed by atoms with Crippen molar-refractivity contribution >= 4 is 21.3 Å². The van der Waals surface area contributed by atoms with Gasteiger partial charge in [0, 0.05) is 22.9 Å². The lowest BCUT2D eigenvalue weighted by Gasteiger charge is -2.17. The van der Waals surface area contributed by atoms with Gasteiger partial charge in [0.1, 0.15) is 5.56 Å². The molecule has 1 saturated carbocycles. The summed E-state index contributed by atoms with van der Waals surface area (Å²) < 4.78 is 81.0. The van der Waals surface area contributed by atoms with E-state index in [0.717, 1.165) is 13.0 Å². The lowest BCUT2D eigenvalue weighted by Crippen LogP contribution is -2.21. The van der Waals surface area contributed by atoms with Gasteiger partial charge in [-0.05, 0) is 50.5 Å². The quantitative estimate of drug-likeness (QED) is 0.399. The molecule has 198 valence electrons. The first kappa shape index (κ1) is 26.9. The molecule has 38 heavy (non-hydrogen) atoms. The van der Waals surface area contributed by atoms with E-state index in [2.05, 4.69) is 26.6 Å². The van der Waals surface area contributed by atoms with Crippen molar-refractivity contribution in [2.75, 3.05) is 11.6 Å². The van der Waals surface area contributed by atoms with Crippen molar-refractivity contribution in [3.05, 3.63) is 64.4 Å². The Balaban J connectivity index is 1.77. The van der Waals surface area contributed by atoms with Gasteiger partial charge in [-0.1, -0.05) is 6.07 Å². The first-order valence-corrected chi connectivity index (χ1v) is 13.0. The van der Waals surface area contributed by atoms with Crippen LogP contribution < -0.4 is 10.1 Å². The van der Waals surface area contributed by atoms with Gasteiger partial charge in [-0.25, -0.2) is 13.4 Å². The van der Waals surface area contributed by atoms with Gasteiger partial charge in [-0.3, -0.25) is 9.78 Å². The fourth-order valence-electron chi connectivity index (χ4n) is 3.75. The number of aryl methyl sites for hydroxylation is 1. The fraction of sp³-hybridized carbons (Fsp3) is 0.292. The number of pyridine rings is 1. The molecule has 0 radical (unpaired) electrons. The summed E-state index contributed by atoms with van der Waals surface area (Å²) in [7, 11) is -3.15. The van der Waals surface area contributed by atoms with E-state index >= 15 is 4.39 Å². The third-order valence-corrected chi connectivity index (χ3v) is 7.13. The van der Waals surface area contributed by atoms with Crippen LogP contribution in [0.2, 0.25) is 0 Å². The number of nitrogens with zero attached hydrogens (tertiary/aromatic N) is 4. The summed E-state index contributed by atoms with van der Waals surface area (Å²) >= 11 is 0. The summed E-state index contributed by atoms with van der Waals surface area (Å²) in [5, 5.41) is 18.3. The minimum atomic E-state index is -4.95. The Hall–Kier alpha value is -4.12. The van der Waals surface area contributed by atoms with Gasteiger partial charge in [-0.15, -0.1) is 10.2 Å².